The summed E-state index contributed by atoms with van der Waals surface area (Å²) in [5.74, 6) is 0. The van der Waals surface area contributed by atoms with Crippen LogP contribution in [-0.4, -0.2) is 9.19 Å². The first-order chi connectivity index (χ1) is 29.6. The molecular weight excluding hydrogens is 751 g/mol. The molecule has 3 heterocycles. The average Bonchev–Trinajstić information content (AvgIpc) is 3.60. The van der Waals surface area contributed by atoms with Crippen molar-refractivity contribution >= 4 is 44.9 Å². The molecule has 8 aromatic rings. The number of fused-ring (bicyclic) bond motifs is 12. The normalized spacial score (nSPS) is 18.6. The second kappa shape index (κ2) is 13.2. The van der Waals surface area contributed by atoms with Gasteiger partial charge in [0, 0.05) is 22.2 Å². The molecule has 1 aromatic heterocycles. The van der Waals surface area contributed by atoms with Crippen molar-refractivity contribution in [2.24, 2.45) is 0 Å². The zero-order valence-electron chi connectivity index (χ0n) is 33.0. The molecule has 5 heteroatoms. The molecule has 0 saturated heterocycles. The minimum Gasteiger partial charge on any atom is -0.310 e. The van der Waals surface area contributed by atoms with Gasteiger partial charge in [0.15, 0.2) is 0 Å². The van der Waals surface area contributed by atoms with E-state index < -0.39 is 16.2 Å². The van der Waals surface area contributed by atoms with Gasteiger partial charge < -0.3 is 9.80 Å². The molecule has 2 unspecified atom stereocenters. The summed E-state index contributed by atoms with van der Waals surface area (Å²) in [6, 6.07) is 64.8. The first-order valence-electron chi connectivity index (χ1n) is 20.6. The number of hydrogen-bond donors (Lipinski definition) is 0. The molecule has 0 radical (unpaired) electrons. The van der Waals surface area contributed by atoms with Crippen molar-refractivity contribution in [3.8, 4) is 22.4 Å². The van der Waals surface area contributed by atoms with Crippen molar-refractivity contribution in [3.63, 3.8) is 0 Å². The number of benzene rings is 7. The van der Waals surface area contributed by atoms with Gasteiger partial charge in [0.2, 0.25) is 0 Å². The number of para-hydroxylation sites is 4. The van der Waals surface area contributed by atoms with Crippen LogP contribution in [0.15, 0.2) is 216 Å². The number of nitrogens with zero attached hydrogens (tertiary/aromatic N) is 3. The lowest BCUT2D eigenvalue weighted by Crippen LogP contribution is -2.36. The second-order valence-electron chi connectivity index (χ2n) is 16.3. The van der Waals surface area contributed by atoms with Gasteiger partial charge in [-0.2, -0.15) is 0 Å². The van der Waals surface area contributed by atoms with E-state index in [-0.39, 0.29) is 5.41 Å². The number of hydrogen-bond acceptors (Lipinski definition) is 4. The zero-order chi connectivity index (χ0) is 40.0. The summed E-state index contributed by atoms with van der Waals surface area (Å²) in [5.41, 5.74) is 15.2. The number of rotatable bonds is 4. The van der Waals surface area contributed by atoms with Crippen LogP contribution in [0.5, 0.6) is 0 Å². The quantitative estimate of drug-likeness (QED) is 0.178. The highest BCUT2D eigenvalue weighted by atomic mass is 32.2. The van der Waals surface area contributed by atoms with Gasteiger partial charge in [0.05, 0.1) is 65.8 Å². The molecule has 12 rings (SSSR count). The van der Waals surface area contributed by atoms with Crippen molar-refractivity contribution in [2.45, 2.75) is 34.0 Å². The molecule has 286 valence electrons. The Kier molecular flexibility index (Phi) is 7.69. The van der Waals surface area contributed by atoms with Crippen LogP contribution in [0.25, 0.3) is 22.4 Å². The summed E-state index contributed by atoms with van der Waals surface area (Å²) in [5, 5.41) is 0. The summed E-state index contributed by atoms with van der Waals surface area (Å²) in [4.78, 5) is 11.8. The van der Waals surface area contributed by atoms with Crippen LogP contribution in [-0.2, 0) is 21.6 Å². The molecule has 4 nitrogen and oxygen atoms in total. The molecule has 0 amide bonds. The molecule has 2 atom stereocenters. The van der Waals surface area contributed by atoms with Crippen molar-refractivity contribution in [2.75, 3.05) is 9.80 Å². The van der Waals surface area contributed by atoms with E-state index in [9.17, 15) is 0 Å². The lowest BCUT2D eigenvalue weighted by Gasteiger charge is -2.45. The maximum Gasteiger partial charge on any atom is 0.0898 e. The number of pyridine rings is 1. The van der Waals surface area contributed by atoms with Gasteiger partial charge in [-0.05, 0) is 88.8 Å². The fourth-order valence-corrected chi connectivity index (χ4v) is 11.8. The van der Waals surface area contributed by atoms with Crippen LogP contribution >= 0.6 is 0 Å². The van der Waals surface area contributed by atoms with E-state index in [2.05, 4.69) is 199 Å². The molecular formula is C55H39N3OS. The Morgan fingerprint density at radius 2 is 1.17 bits per heavy atom. The molecule has 4 aliphatic rings. The Bertz CT molecular complexity index is 3090. The summed E-state index contributed by atoms with van der Waals surface area (Å²) in [7, 11) is -1.45. The standard InChI is InChI=1S/C55H39N3OS/c1-54(33-17-4-18-34-54)51-36-39(35-45(56-51)37-19-5-2-6-20-37)58-46-27-13-11-25-42(46)55(43-26-12-14-28-47(43)58)41-24-10-9-23-40(41)52-44(55)31-32-49-53(52)60(59)50-30-16-15-29-48(50)57(49)38-21-7-3-8-22-38/h2-33,35-36H,34H2,1H3. The molecule has 0 saturated carbocycles. The van der Waals surface area contributed by atoms with Crippen molar-refractivity contribution in [3.05, 3.63) is 234 Å². The zero-order valence-corrected chi connectivity index (χ0v) is 33.8. The highest BCUT2D eigenvalue weighted by Gasteiger charge is 2.53. The summed E-state index contributed by atoms with van der Waals surface area (Å²) in [6.45, 7) is 2.29. The molecule has 7 aromatic carbocycles. The van der Waals surface area contributed by atoms with E-state index in [0.29, 0.717) is 0 Å². The molecule has 0 N–H and O–H groups in total. The number of aromatic nitrogens is 1. The maximum atomic E-state index is 15.3. The molecule has 0 fully saturated rings. The van der Waals surface area contributed by atoms with E-state index in [1.54, 1.807) is 0 Å². The number of allylic oxidation sites excluding steroid dienone is 4. The van der Waals surface area contributed by atoms with Gasteiger partial charge in [-0.3, -0.25) is 4.98 Å². The minimum absolute atomic E-state index is 0.269. The second-order valence-corrected chi connectivity index (χ2v) is 17.7. The lowest BCUT2D eigenvalue weighted by molar-refractivity contribution is 0.580. The van der Waals surface area contributed by atoms with Crippen molar-refractivity contribution < 1.29 is 4.21 Å². The fourth-order valence-electron chi connectivity index (χ4n) is 10.3. The Hall–Kier alpha value is -7.08. The Morgan fingerprint density at radius 1 is 0.550 bits per heavy atom. The van der Waals surface area contributed by atoms with Gasteiger partial charge in [0.25, 0.3) is 0 Å². The smallest absolute Gasteiger partial charge is 0.0898 e. The number of anilines is 6. The summed E-state index contributed by atoms with van der Waals surface area (Å²) in [6.07, 6.45) is 9.67. The Morgan fingerprint density at radius 3 is 1.88 bits per heavy atom. The van der Waals surface area contributed by atoms with Gasteiger partial charge in [-0.25, -0.2) is 4.21 Å². The van der Waals surface area contributed by atoms with Crippen molar-refractivity contribution in [1.82, 2.24) is 4.98 Å². The Balaban J connectivity index is 1.14. The topological polar surface area (TPSA) is 36.4 Å². The highest BCUT2D eigenvalue weighted by Crippen LogP contribution is 2.66. The Labute approximate surface area is 352 Å². The maximum absolute atomic E-state index is 15.3. The third-order valence-corrected chi connectivity index (χ3v) is 14.5. The predicted molar refractivity (Wildman–Crippen MR) is 245 cm³/mol. The molecule has 2 aliphatic heterocycles. The molecule has 2 aliphatic carbocycles. The van der Waals surface area contributed by atoms with Gasteiger partial charge in [-0.15, -0.1) is 0 Å². The van der Waals surface area contributed by atoms with Crippen LogP contribution in [0.3, 0.4) is 0 Å². The minimum atomic E-state index is -1.45. The highest BCUT2D eigenvalue weighted by molar-refractivity contribution is 7.85. The van der Waals surface area contributed by atoms with Crippen molar-refractivity contribution in [1.29, 1.82) is 0 Å². The van der Waals surface area contributed by atoms with Crippen LogP contribution in [0.2, 0.25) is 0 Å². The largest absolute Gasteiger partial charge is 0.310 e. The van der Waals surface area contributed by atoms with Gasteiger partial charge in [0.1, 0.15) is 0 Å². The van der Waals surface area contributed by atoms with Crippen LogP contribution in [0, 0.1) is 0 Å². The first-order valence-corrected chi connectivity index (χ1v) is 21.8. The predicted octanol–water partition coefficient (Wildman–Crippen LogP) is 13.6. The first kappa shape index (κ1) is 34.9. The molecule has 60 heavy (non-hydrogen) atoms. The molecule has 0 bridgehead atoms. The van der Waals surface area contributed by atoms with E-state index >= 15 is 4.21 Å². The average molecular weight is 790 g/mol. The SMILES string of the molecule is CC1(c2cc(N3c4ccccc4C4(c5ccccc5-c5c4ccc4c5S(=O)c5ccccc5N4c4ccccc4)c4ccccc43)cc(-c3ccccc3)n2)C=CC=CC1. The van der Waals surface area contributed by atoms with Crippen LogP contribution < -0.4 is 9.80 Å². The van der Waals surface area contributed by atoms with Crippen LogP contribution in [0.1, 0.15) is 41.3 Å². The fraction of sp³-hybridized carbons (Fsp3) is 0.0727. The summed E-state index contributed by atoms with van der Waals surface area (Å²) >= 11 is 0. The molecule has 1 spiro atoms. The van der Waals surface area contributed by atoms with E-state index in [1.807, 2.05) is 24.3 Å². The van der Waals surface area contributed by atoms with Gasteiger partial charge >= 0.3 is 0 Å². The van der Waals surface area contributed by atoms with E-state index in [1.165, 1.54) is 16.7 Å². The third-order valence-electron chi connectivity index (χ3n) is 13.0. The van der Waals surface area contributed by atoms with Crippen LogP contribution in [0.4, 0.5) is 34.1 Å². The third kappa shape index (κ3) is 4.84. The lowest BCUT2D eigenvalue weighted by atomic mass is 9.64. The summed E-state index contributed by atoms with van der Waals surface area (Å²) < 4.78 is 15.3. The van der Waals surface area contributed by atoms with E-state index in [4.69, 9.17) is 4.98 Å². The van der Waals surface area contributed by atoms with E-state index in [0.717, 1.165) is 84.0 Å². The monoisotopic (exact) mass is 789 g/mol. The van der Waals surface area contributed by atoms with Gasteiger partial charge in [-0.1, -0.05) is 159 Å².